The van der Waals surface area contributed by atoms with E-state index in [1.807, 2.05) is 128 Å². The highest BCUT2D eigenvalue weighted by Crippen LogP contribution is 2.25. The van der Waals surface area contributed by atoms with E-state index in [1.54, 1.807) is 31.4 Å². The Morgan fingerprint density at radius 2 is 0.929 bits per heavy atom. The van der Waals surface area contributed by atoms with Gasteiger partial charge in [0.25, 0.3) is 5.69 Å². The molecule has 7 aromatic carbocycles. The van der Waals surface area contributed by atoms with Crippen molar-refractivity contribution in [3.63, 3.8) is 0 Å². The van der Waals surface area contributed by atoms with E-state index in [4.69, 9.17) is 58.3 Å². The Labute approximate surface area is 482 Å². The van der Waals surface area contributed by atoms with Crippen LogP contribution in [0.25, 0.3) is 32.8 Å². The molecule has 0 aliphatic carbocycles. The summed E-state index contributed by atoms with van der Waals surface area (Å²) in [5, 5.41) is 67.3. The molecule has 84 heavy (non-hydrogen) atoms. The number of nitrogens with one attached hydrogen (secondary N) is 2. The molecule has 23 nitrogen and oxygen atoms in total. The maximum atomic E-state index is 10.6. The second-order valence-corrected chi connectivity index (χ2v) is 18.2. The Balaban J connectivity index is 0.000000269. The average molecular weight is 1150 g/mol. The fraction of sp³-hybridized carbons (Fsp3) is 0.197. The van der Waals surface area contributed by atoms with E-state index in [1.165, 1.54) is 24.3 Å². The third-order valence-corrected chi connectivity index (χ3v) is 11.8. The highest BCUT2D eigenvalue weighted by Gasteiger charge is 2.15. The molecule has 1 unspecified atom stereocenters. The lowest BCUT2D eigenvalue weighted by Gasteiger charge is -2.10. The highest BCUT2D eigenvalue weighted by molar-refractivity contribution is 6.31. The van der Waals surface area contributed by atoms with Crippen LogP contribution in [-0.4, -0.2) is 95.8 Å². The van der Waals surface area contributed by atoms with Crippen LogP contribution < -0.4 is 33.0 Å². The second-order valence-electron chi connectivity index (χ2n) is 18.2. The number of H-pyrrole nitrogens is 1. The first kappa shape index (κ1) is 67.9. The number of ether oxygens (including phenoxy) is 1. The van der Waals surface area contributed by atoms with Gasteiger partial charge in [0.05, 0.1) is 49.8 Å². The molecule has 0 bridgehead atoms. The van der Waals surface area contributed by atoms with Crippen LogP contribution >= 0.6 is 0 Å². The number of nitrogens with zero attached hydrogens (tertiary/aromatic N) is 1. The second kappa shape index (κ2) is 35.4. The van der Waals surface area contributed by atoms with Gasteiger partial charge in [0.2, 0.25) is 5.78 Å². The van der Waals surface area contributed by atoms with Crippen molar-refractivity contribution in [1.82, 2.24) is 4.98 Å². The Kier molecular flexibility index (Phi) is 28.6. The number of methoxy groups -OCH3 is 1. The van der Waals surface area contributed by atoms with Crippen molar-refractivity contribution in [2.45, 2.75) is 63.2 Å². The topological polar surface area (TPSA) is 425 Å². The number of hydrogen-bond donors (Lipinski definition) is 12. The van der Waals surface area contributed by atoms with Crippen LogP contribution in [0.5, 0.6) is 5.75 Å². The number of rotatable bonds is 20. The fourth-order valence-electron chi connectivity index (χ4n) is 7.43. The minimum Gasteiger partial charge on any atom is -0.497 e. The lowest BCUT2D eigenvalue weighted by atomic mass is 10.00. The van der Waals surface area contributed by atoms with Crippen molar-refractivity contribution < 1.29 is 73.9 Å². The molecule has 442 valence electrons. The number of aromatic nitrogens is 1. The van der Waals surface area contributed by atoms with Crippen LogP contribution in [0.1, 0.15) is 85.4 Å². The van der Waals surface area contributed by atoms with E-state index >= 15 is 0 Å². The molecule has 0 saturated heterocycles. The summed E-state index contributed by atoms with van der Waals surface area (Å²) in [6, 6.07) is 49.9. The third-order valence-electron chi connectivity index (χ3n) is 11.8. The molecule has 1 aromatic heterocycles. The van der Waals surface area contributed by atoms with Gasteiger partial charge in [-0.25, -0.2) is 4.79 Å². The molecule has 8 rings (SSSR count). The minimum atomic E-state index is -1.38. The number of carboxylic acid groups (broad SMARTS) is 6. The van der Waals surface area contributed by atoms with Gasteiger partial charge < -0.3 is 68.6 Å². The van der Waals surface area contributed by atoms with Crippen LogP contribution in [-0.2, 0) is 33.6 Å². The number of hydrogen-bond acceptors (Lipinski definition) is 15. The number of carboxylic acids is 6. The molecule has 8 aromatic rings. The molecule has 0 saturated carbocycles. The van der Waals surface area contributed by atoms with E-state index in [0.29, 0.717) is 12.1 Å². The quantitative estimate of drug-likeness (QED) is 0.0192. The van der Waals surface area contributed by atoms with E-state index in [0.717, 1.165) is 67.9 Å². The normalized spacial score (nSPS) is 11.5. The SMILES string of the molecule is CC(=O)C(=O)O.COc1ccc([C@H](N)CC(=O)O)cc1.NC(CC(=O)O)c1ccc2ccccc2c1.N[C@H](CC(=O)O)c1ccc(-c2ccccc2)cc1.N[C@H](CC(=O)O)c1ccc([N+](=O)[O-])cc1.O=C(O)CCNc1c[nH]c2ccccc12. The number of fused-ring (bicyclic) bond motifs is 2. The average Bonchev–Trinajstić information content (AvgIpc) is 4.11. The zero-order chi connectivity index (χ0) is 62.3. The number of non-ortho nitro benzene ring substituents is 1. The molecule has 0 aliphatic heterocycles. The summed E-state index contributed by atoms with van der Waals surface area (Å²) in [4.78, 5) is 84.1. The van der Waals surface area contributed by atoms with Crippen LogP contribution in [0.15, 0.2) is 176 Å². The van der Waals surface area contributed by atoms with Crippen LogP contribution in [0.4, 0.5) is 11.4 Å². The maximum Gasteiger partial charge on any atom is 0.371 e. The Bertz CT molecular complexity index is 3400. The zero-order valence-electron chi connectivity index (χ0n) is 45.8. The number of nitro groups is 1. The number of para-hydroxylation sites is 1. The van der Waals surface area contributed by atoms with Crippen LogP contribution in [0, 0.1) is 10.1 Å². The van der Waals surface area contributed by atoms with Gasteiger partial charge in [-0.3, -0.25) is 38.9 Å². The van der Waals surface area contributed by atoms with Gasteiger partial charge in [-0.05, 0) is 68.4 Å². The molecule has 16 N–H and O–H groups in total. The number of aliphatic carboxylic acids is 6. The van der Waals surface area contributed by atoms with Gasteiger partial charge in [0, 0.05) is 66.9 Å². The van der Waals surface area contributed by atoms with Gasteiger partial charge in [-0.1, -0.05) is 133 Å². The van der Waals surface area contributed by atoms with Crippen molar-refractivity contribution in [1.29, 1.82) is 0 Å². The number of nitro benzene ring substituents is 1. The van der Waals surface area contributed by atoms with Gasteiger partial charge in [-0.15, -0.1) is 0 Å². The Morgan fingerprint density at radius 1 is 0.524 bits per heavy atom. The first-order valence-corrected chi connectivity index (χ1v) is 25.6. The van der Waals surface area contributed by atoms with Crippen molar-refractivity contribution in [3.8, 4) is 16.9 Å². The number of aromatic amines is 1. The fourth-order valence-corrected chi connectivity index (χ4v) is 7.43. The van der Waals surface area contributed by atoms with Crippen molar-refractivity contribution in [3.05, 3.63) is 208 Å². The first-order valence-electron chi connectivity index (χ1n) is 25.6. The Morgan fingerprint density at radius 3 is 1.38 bits per heavy atom. The summed E-state index contributed by atoms with van der Waals surface area (Å²) < 4.78 is 4.97. The summed E-state index contributed by atoms with van der Waals surface area (Å²) in [6.07, 6.45) is 1.62. The number of benzene rings is 7. The van der Waals surface area contributed by atoms with Gasteiger partial charge in [0.15, 0.2) is 0 Å². The van der Waals surface area contributed by atoms with E-state index in [9.17, 15) is 43.7 Å². The molecular weight excluding hydrogens is 1090 g/mol. The van der Waals surface area contributed by atoms with E-state index in [-0.39, 0.29) is 37.8 Å². The number of Topliss-reactive ketones (excluding diaryl/α,β-unsaturated/α-hetero) is 1. The summed E-state index contributed by atoms with van der Waals surface area (Å²) >= 11 is 0. The lowest BCUT2D eigenvalue weighted by molar-refractivity contribution is -0.384. The minimum absolute atomic E-state index is 0.0405. The molecule has 0 fully saturated rings. The summed E-state index contributed by atoms with van der Waals surface area (Å²) in [5.74, 6) is -5.91. The number of nitrogens with two attached hydrogens (primary N) is 4. The van der Waals surface area contributed by atoms with Gasteiger partial charge >= 0.3 is 35.8 Å². The molecule has 0 amide bonds. The number of carbonyl (C=O) groups excluding carboxylic acids is 1. The third kappa shape index (κ3) is 25.0. The zero-order valence-corrected chi connectivity index (χ0v) is 45.8. The Hall–Kier alpha value is -10.3. The summed E-state index contributed by atoms with van der Waals surface area (Å²) in [7, 11) is 1.58. The molecule has 0 aliphatic rings. The van der Waals surface area contributed by atoms with Crippen molar-refractivity contribution >= 4 is 74.6 Å². The largest absolute Gasteiger partial charge is 0.497 e. The molecule has 4 atom stereocenters. The van der Waals surface area contributed by atoms with Crippen molar-refractivity contribution in [2.24, 2.45) is 22.9 Å². The van der Waals surface area contributed by atoms with Crippen LogP contribution in [0.3, 0.4) is 0 Å². The summed E-state index contributed by atoms with van der Waals surface area (Å²) in [5.41, 5.74) is 30.1. The van der Waals surface area contributed by atoms with Crippen LogP contribution in [0.2, 0.25) is 0 Å². The first-order chi connectivity index (χ1) is 39.9. The smallest absolute Gasteiger partial charge is 0.371 e. The van der Waals surface area contributed by atoms with Gasteiger partial charge in [0.1, 0.15) is 5.75 Å². The van der Waals surface area contributed by atoms with E-state index in [2.05, 4.69) is 10.3 Å². The number of carbonyl (C=O) groups is 7. The molecule has 0 spiro atoms. The van der Waals surface area contributed by atoms with Gasteiger partial charge in [-0.2, -0.15) is 0 Å². The highest BCUT2D eigenvalue weighted by atomic mass is 16.6. The summed E-state index contributed by atoms with van der Waals surface area (Å²) in [6.45, 7) is 1.44. The molecule has 23 heteroatoms. The number of ketones is 1. The molecule has 0 radical (unpaired) electrons. The standard InChI is InChI=1S/C15H15NO2.C13H13NO2.C11H12N2O2.C10H13NO3.C9H10N2O4.C3H4O3/c16-14(10-15(17)18)13-8-6-12(7-9-13)11-4-2-1-3-5-11;14-12(8-13(15)16)11-6-5-9-3-1-2-4-10(9)7-11;14-11(15)5-6-12-10-7-13-9-4-2-1-3-8(9)10;1-14-8-4-2-7(3-5-8)9(11)6-10(12)13;10-8(5-9(12)13)6-1-3-7(4-2-6)11(14)15;1-2(4)3(5)6/h1-9,14H,10,16H2,(H,17,18);1-7,12H,8,14H2,(H,15,16);1-4,7,12-13H,5-6H2,(H,14,15);2-5,9H,6,11H2,1H3,(H,12,13);1-4,8H,5,10H2,(H,12,13);1H3,(H,5,6)/t14-;;;9-;8-;/m1..11./s1. The predicted octanol–water partition coefficient (Wildman–Crippen LogP) is 9.10. The van der Waals surface area contributed by atoms with E-state index < -0.39 is 70.7 Å². The lowest BCUT2D eigenvalue weighted by Crippen LogP contribution is -2.14. The predicted molar refractivity (Wildman–Crippen MR) is 316 cm³/mol. The molecular formula is C61H67N7O16. The number of anilines is 1. The maximum absolute atomic E-state index is 10.6. The monoisotopic (exact) mass is 1150 g/mol. The van der Waals surface area contributed by atoms with Crippen molar-refractivity contribution in [2.75, 3.05) is 19.0 Å². The molecule has 1 heterocycles.